The number of benzene rings is 1. The lowest BCUT2D eigenvalue weighted by atomic mass is 9.92. The van der Waals surface area contributed by atoms with Crippen molar-refractivity contribution in [2.45, 2.75) is 13.8 Å². The number of Topliss-reactive ketones (excluding diaryl/α,β-unsaturated/α-hetero) is 1. The highest BCUT2D eigenvalue weighted by molar-refractivity contribution is 6.05. The predicted molar refractivity (Wildman–Crippen MR) is 81.7 cm³/mol. The van der Waals surface area contributed by atoms with Crippen molar-refractivity contribution in [1.82, 2.24) is 4.90 Å². The molecular weight excluding hydrogens is 246 g/mol. The third-order valence-corrected chi connectivity index (χ3v) is 3.78. The molecule has 0 radical (unpaired) electrons. The monoisotopic (exact) mass is 263 g/mol. The van der Waals surface area contributed by atoms with Crippen LogP contribution in [0.15, 0.2) is 71.6 Å². The van der Waals surface area contributed by atoms with Crippen LogP contribution in [0, 0.1) is 0 Å². The lowest BCUT2D eigenvalue weighted by molar-refractivity contribution is -0.113. The van der Waals surface area contributed by atoms with Crippen LogP contribution in [0.4, 0.5) is 0 Å². The van der Waals surface area contributed by atoms with Crippen molar-refractivity contribution in [2.24, 2.45) is 0 Å². The summed E-state index contributed by atoms with van der Waals surface area (Å²) in [5.41, 5.74) is 5.34. The molecule has 0 saturated carbocycles. The molecule has 3 rings (SSSR count). The fourth-order valence-electron chi connectivity index (χ4n) is 2.69. The molecule has 0 spiro atoms. The van der Waals surface area contributed by atoms with Gasteiger partial charge < -0.3 is 4.90 Å². The van der Waals surface area contributed by atoms with Crippen molar-refractivity contribution in [3.8, 4) is 0 Å². The number of hydrogen-bond acceptors (Lipinski definition) is 2. The molecule has 1 aromatic carbocycles. The van der Waals surface area contributed by atoms with E-state index >= 15 is 0 Å². The number of fused-ring (bicyclic) bond motifs is 1. The average Bonchev–Trinajstić information content (AvgIpc) is 2.47. The van der Waals surface area contributed by atoms with Crippen LogP contribution in [0.5, 0.6) is 0 Å². The van der Waals surface area contributed by atoms with Gasteiger partial charge in [-0.2, -0.15) is 0 Å². The molecule has 0 unspecified atom stereocenters. The quantitative estimate of drug-likeness (QED) is 0.811. The molecule has 0 aromatic heterocycles. The summed E-state index contributed by atoms with van der Waals surface area (Å²) in [4.78, 5) is 14.2. The van der Waals surface area contributed by atoms with E-state index in [-0.39, 0.29) is 5.78 Å². The van der Waals surface area contributed by atoms with Gasteiger partial charge in [-0.1, -0.05) is 36.4 Å². The fraction of sp³-hybridized carbons (Fsp3) is 0.167. The van der Waals surface area contributed by atoms with Gasteiger partial charge in [0.2, 0.25) is 0 Å². The Balaban J connectivity index is 2.14. The molecule has 2 heterocycles. The highest BCUT2D eigenvalue weighted by atomic mass is 16.1. The molecule has 2 aliphatic rings. The predicted octanol–water partition coefficient (Wildman–Crippen LogP) is 3.70. The lowest BCUT2D eigenvalue weighted by Crippen LogP contribution is -2.28. The molecular formula is C18H17NO. The summed E-state index contributed by atoms with van der Waals surface area (Å²) in [5.74, 6) is 0.122. The molecule has 0 bridgehead atoms. The van der Waals surface area contributed by atoms with Gasteiger partial charge in [0.05, 0.1) is 0 Å². The highest BCUT2D eigenvalue weighted by Gasteiger charge is 2.23. The van der Waals surface area contributed by atoms with Crippen molar-refractivity contribution >= 4 is 11.4 Å². The van der Waals surface area contributed by atoms with E-state index < -0.39 is 0 Å². The molecule has 20 heavy (non-hydrogen) atoms. The Labute approximate surface area is 119 Å². The van der Waals surface area contributed by atoms with Crippen LogP contribution < -0.4 is 0 Å². The van der Waals surface area contributed by atoms with Gasteiger partial charge in [0, 0.05) is 23.5 Å². The van der Waals surface area contributed by atoms with E-state index in [0.29, 0.717) is 0 Å². The van der Waals surface area contributed by atoms with Gasteiger partial charge in [-0.05, 0) is 43.2 Å². The first-order valence-corrected chi connectivity index (χ1v) is 6.80. The molecule has 2 nitrogen and oxygen atoms in total. The molecule has 0 fully saturated rings. The van der Waals surface area contributed by atoms with Crippen molar-refractivity contribution in [3.63, 3.8) is 0 Å². The maximum absolute atomic E-state index is 12.0. The summed E-state index contributed by atoms with van der Waals surface area (Å²) in [7, 11) is 0. The SMILES string of the molecule is CC(=O)C1=C(c2ccccc2)CN2C(C)=CC=CC2=C1. The Kier molecular flexibility index (Phi) is 3.15. The maximum atomic E-state index is 12.0. The van der Waals surface area contributed by atoms with Gasteiger partial charge in [-0.25, -0.2) is 0 Å². The molecule has 0 saturated heterocycles. The van der Waals surface area contributed by atoms with Gasteiger partial charge in [0.25, 0.3) is 0 Å². The number of rotatable bonds is 2. The number of carbonyl (C=O) groups is 1. The van der Waals surface area contributed by atoms with Crippen LogP contribution in [-0.4, -0.2) is 17.2 Å². The van der Waals surface area contributed by atoms with E-state index in [1.807, 2.05) is 30.4 Å². The second-order valence-corrected chi connectivity index (χ2v) is 5.14. The third-order valence-electron chi connectivity index (χ3n) is 3.78. The van der Waals surface area contributed by atoms with Crippen LogP contribution in [0.3, 0.4) is 0 Å². The normalized spacial score (nSPS) is 17.6. The fourth-order valence-corrected chi connectivity index (χ4v) is 2.69. The number of nitrogens with zero attached hydrogens (tertiary/aromatic N) is 1. The molecule has 0 N–H and O–H groups in total. The van der Waals surface area contributed by atoms with Crippen LogP contribution in [0.25, 0.3) is 5.57 Å². The smallest absolute Gasteiger partial charge is 0.160 e. The highest BCUT2D eigenvalue weighted by Crippen LogP contribution is 2.32. The summed E-state index contributed by atoms with van der Waals surface area (Å²) >= 11 is 0. The maximum Gasteiger partial charge on any atom is 0.160 e. The summed E-state index contributed by atoms with van der Waals surface area (Å²) in [5, 5.41) is 0. The Morgan fingerprint density at radius 1 is 1.20 bits per heavy atom. The lowest BCUT2D eigenvalue weighted by Gasteiger charge is -2.34. The second-order valence-electron chi connectivity index (χ2n) is 5.14. The van der Waals surface area contributed by atoms with Gasteiger partial charge in [-0.15, -0.1) is 0 Å². The molecule has 2 heteroatoms. The molecule has 0 amide bonds. The van der Waals surface area contributed by atoms with E-state index in [1.165, 1.54) is 5.70 Å². The van der Waals surface area contributed by atoms with E-state index in [9.17, 15) is 4.79 Å². The first kappa shape index (κ1) is 12.7. The summed E-state index contributed by atoms with van der Waals surface area (Å²) < 4.78 is 0. The third kappa shape index (κ3) is 2.14. The van der Waals surface area contributed by atoms with Crippen LogP contribution >= 0.6 is 0 Å². The van der Waals surface area contributed by atoms with Crippen LogP contribution in [0.1, 0.15) is 19.4 Å². The van der Waals surface area contributed by atoms with E-state index in [1.54, 1.807) is 6.92 Å². The Morgan fingerprint density at radius 2 is 1.95 bits per heavy atom. The summed E-state index contributed by atoms with van der Waals surface area (Å²) in [6.07, 6.45) is 8.18. The Hall–Kier alpha value is -2.35. The number of carbonyl (C=O) groups excluding carboxylic acids is 1. The van der Waals surface area contributed by atoms with Gasteiger partial charge in [0.1, 0.15) is 0 Å². The van der Waals surface area contributed by atoms with E-state index in [0.717, 1.165) is 29.0 Å². The molecule has 0 aliphatic carbocycles. The van der Waals surface area contributed by atoms with E-state index in [4.69, 9.17) is 0 Å². The Morgan fingerprint density at radius 3 is 2.65 bits per heavy atom. The van der Waals surface area contributed by atoms with Crippen molar-refractivity contribution in [1.29, 1.82) is 0 Å². The molecule has 2 aliphatic heterocycles. The van der Waals surface area contributed by atoms with Gasteiger partial charge >= 0.3 is 0 Å². The van der Waals surface area contributed by atoms with Crippen molar-refractivity contribution in [2.75, 3.05) is 6.54 Å². The van der Waals surface area contributed by atoms with Crippen molar-refractivity contribution < 1.29 is 4.79 Å². The van der Waals surface area contributed by atoms with Crippen LogP contribution in [0.2, 0.25) is 0 Å². The van der Waals surface area contributed by atoms with Crippen molar-refractivity contribution in [3.05, 3.63) is 77.2 Å². The minimum atomic E-state index is 0.122. The first-order chi connectivity index (χ1) is 9.66. The largest absolute Gasteiger partial charge is 0.341 e. The van der Waals surface area contributed by atoms with E-state index in [2.05, 4.69) is 36.1 Å². The van der Waals surface area contributed by atoms with Gasteiger partial charge in [-0.3, -0.25) is 4.79 Å². The topological polar surface area (TPSA) is 20.3 Å². The summed E-state index contributed by atoms with van der Waals surface area (Å²) in [6, 6.07) is 10.2. The zero-order valence-corrected chi connectivity index (χ0v) is 11.8. The molecule has 100 valence electrons. The molecule has 1 aromatic rings. The Bertz CT molecular complexity index is 675. The zero-order chi connectivity index (χ0) is 14.1. The standard InChI is InChI=1S/C18H17NO/c1-13-7-6-10-16-11-17(14(2)20)18(12-19(13)16)15-8-4-3-5-9-15/h3-11H,12H2,1-2H3. The number of hydrogen-bond donors (Lipinski definition) is 0. The number of ketones is 1. The minimum Gasteiger partial charge on any atom is -0.341 e. The first-order valence-electron chi connectivity index (χ1n) is 6.80. The average molecular weight is 263 g/mol. The van der Waals surface area contributed by atoms with Gasteiger partial charge in [0.15, 0.2) is 5.78 Å². The summed E-state index contributed by atoms with van der Waals surface area (Å²) in [6.45, 7) is 4.48. The second kappa shape index (κ2) is 4.97. The number of allylic oxidation sites excluding steroid dienone is 6. The minimum absolute atomic E-state index is 0.122. The zero-order valence-electron chi connectivity index (χ0n) is 11.8. The van der Waals surface area contributed by atoms with Crippen LogP contribution in [-0.2, 0) is 4.79 Å². The molecule has 0 atom stereocenters.